The minimum atomic E-state index is 0.603. The first-order valence-electron chi connectivity index (χ1n) is 7.13. The second kappa shape index (κ2) is 3.99. The molecular formula is C14H26N2. The van der Waals surface area contributed by atoms with Crippen LogP contribution in [0.15, 0.2) is 0 Å². The second-order valence-electron chi connectivity index (χ2n) is 6.91. The van der Waals surface area contributed by atoms with Crippen molar-refractivity contribution < 1.29 is 0 Å². The summed E-state index contributed by atoms with van der Waals surface area (Å²) in [5, 5.41) is 3.48. The van der Waals surface area contributed by atoms with Crippen LogP contribution in [0, 0.1) is 10.8 Å². The molecule has 1 saturated carbocycles. The van der Waals surface area contributed by atoms with E-state index in [0.717, 1.165) is 5.41 Å². The Morgan fingerprint density at radius 2 is 1.62 bits per heavy atom. The molecule has 1 spiro atoms. The van der Waals surface area contributed by atoms with Crippen molar-refractivity contribution in [2.75, 3.05) is 32.7 Å². The largest absolute Gasteiger partial charge is 0.317 e. The fourth-order valence-corrected chi connectivity index (χ4v) is 4.18. The molecule has 1 aliphatic carbocycles. The van der Waals surface area contributed by atoms with Gasteiger partial charge in [0.05, 0.1) is 0 Å². The van der Waals surface area contributed by atoms with Crippen LogP contribution in [0.3, 0.4) is 0 Å². The standard InChI is InChI=1S/C14H26N2/c1-13(6-8-15-9-7-13)10-16-11-14(12-16)4-2-3-5-14/h15H,2-12H2,1H3. The molecule has 3 rings (SSSR count). The van der Waals surface area contributed by atoms with Gasteiger partial charge in [0.25, 0.3) is 0 Å². The van der Waals surface area contributed by atoms with Crippen molar-refractivity contribution in [3.05, 3.63) is 0 Å². The third kappa shape index (κ3) is 2.02. The highest BCUT2D eigenvalue weighted by molar-refractivity contribution is 4.99. The molecule has 0 aromatic heterocycles. The lowest BCUT2D eigenvalue weighted by atomic mass is 9.74. The quantitative estimate of drug-likeness (QED) is 0.771. The number of piperidine rings is 1. The highest BCUT2D eigenvalue weighted by Gasteiger charge is 2.46. The molecule has 2 nitrogen and oxygen atoms in total. The molecule has 2 heterocycles. The van der Waals surface area contributed by atoms with E-state index in [1.807, 2.05) is 0 Å². The molecule has 0 bridgehead atoms. The average Bonchev–Trinajstić information content (AvgIpc) is 2.67. The van der Waals surface area contributed by atoms with Crippen LogP contribution in [0.1, 0.15) is 45.4 Å². The molecule has 92 valence electrons. The molecule has 3 aliphatic rings. The summed E-state index contributed by atoms with van der Waals surface area (Å²) in [5.41, 5.74) is 1.38. The molecule has 0 unspecified atom stereocenters. The highest BCUT2D eigenvalue weighted by Crippen LogP contribution is 2.46. The summed E-state index contributed by atoms with van der Waals surface area (Å²) in [6.45, 7) is 9.14. The number of nitrogens with one attached hydrogen (secondary N) is 1. The first kappa shape index (κ1) is 11.0. The predicted molar refractivity (Wildman–Crippen MR) is 67.6 cm³/mol. The average molecular weight is 222 g/mol. The van der Waals surface area contributed by atoms with Crippen LogP contribution in [0.25, 0.3) is 0 Å². The molecule has 16 heavy (non-hydrogen) atoms. The van der Waals surface area contributed by atoms with Crippen molar-refractivity contribution in [3.8, 4) is 0 Å². The van der Waals surface area contributed by atoms with Crippen LogP contribution < -0.4 is 5.32 Å². The van der Waals surface area contributed by atoms with Crippen LogP contribution in [0.4, 0.5) is 0 Å². The zero-order valence-corrected chi connectivity index (χ0v) is 10.7. The van der Waals surface area contributed by atoms with Crippen LogP contribution in [0.2, 0.25) is 0 Å². The maximum atomic E-state index is 3.48. The SMILES string of the molecule is CC1(CN2CC3(CCCC3)C2)CCNCC1. The van der Waals surface area contributed by atoms with Crippen LogP contribution >= 0.6 is 0 Å². The molecule has 0 atom stereocenters. The third-order valence-electron chi connectivity index (χ3n) is 5.20. The summed E-state index contributed by atoms with van der Waals surface area (Å²) in [4.78, 5) is 2.73. The van der Waals surface area contributed by atoms with Gasteiger partial charge in [0.1, 0.15) is 0 Å². The Morgan fingerprint density at radius 1 is 1.00 bits per heavy atom. The second-order valence-corrected chi connectivity index (χ2v) is 6.91. The van der Waals surface area contributed by atoms with Gasteiger partial charge in [-0.25, -0.2) is 0 Å². The van der Waals surface area contributed by atoms with Gasteiger partial charge in [-0.1, -0.05) is 19.8 Å². The van der Waals surface area contributed by atoms with Gasteiger partial charge in [0, 0.05) is 19.6 Å². The van der Waals surface area contributed by atoms with E-state index in [0.29, 0.717) is 5.41 Å². The Kier molecular flexibility index (Phi) is 2.75. The Hall–Kier alpha value is -0.0800. The third-order valence-corrected chi connectivity index (χ3v) is 5.20. The molecule has 0 amide bonds. The highest BCUT2D eigenvalue weighted by atomic mass is 15.2. The van der Waals surface area contributed by atoms with Gasteiger partial charge in [-0.2, -0.15) is 0 Å². The van der Waals surface area contributed by atoms with E-state index in [9.17, 15) is 0 Å². The minimum Gasteiger partial charge on any atom is -0.317 e. The fourth-order valence-electron chi connectivity index (χ4n) is 4.18. The van der Waals surface area contributed by atoms with E-state index in [1.54, 1.807) is 0 Å². The summed E-state index contributed by atoms with van der Waals surface area (Å²) < 4.78 is 0. The monoisotopic (exact) mass is 222 g/mol. The summed E-state index contributed by atoms with van der Waals surface area (Å²) in [5.74, 6) is 0. The van der Waals surface area contributed by atoms with Crippen LogP contribution in [-0.4, -0.2) is 37.6 Å². The summed E-state index contributed by atoms with van der Waals surface area (Å²) in [6, 6.07) is 0. The molecule has 0 radical (unpaired) electrons. The molecule has 1 N–H and O–H groups in total. The Bertz CT molecular complexity index is 241. The number of rotatable bonds is 2. The van der Waals surface area contributed by atoms with Gasteiger partial charge >= 0.3 is 0 Å². The van der Waals surface area contributed by atoms with Gasteiger partial charge < -0.3 is 10.2 Å². The van der Waals surface area contributed by atoms with Crippen LogP contribution in [0.5, 0.6) is 0 Å². The topological polar surface area (TPSA) is 15.3 Å². The van der Waals surface area contributed by atoms with Crippen molar-refractivity contribution in [3.63, 3.8) is 0 Å². The maximum absolute atomic E-state index is 3.48. The first-order valence-corrected chi connectivity index (χ1v) is 7.13. The predicted octanol–water partition coefficient (Wildman–Crippen LogP) is 2.25. The molecule has 3 fully saturated rings. The van der Waals surface area contributed by atoms with Gasteiger partial charge in [-0.05, 0) is 49.6 Å². The van der Waals surface area contributed by atoms with E-state index in [2.05, 4.69) is 17.1 Å². The van der Waals surface area contributed by atoms with Gasteiger partial charge in [0.2, 0.25) is 0 Å². The Labute approximate surface area is 99.8 Å². The molecule has 2 heteroatoms. The lowest BCUT2D eigenvalue weighted by molar-refractivity contribution is -0.0271. The van der Waals surface area contributed by atoms with E-state index in [-0.39, 0.29) is 0 Å². The van der Waals surface area contributed by atoms with Crippen molar-refractivity contribution in [1.82, 2.24) is 10.2 Å². The molecule has 2 aliphatic heterocycles. The number of likely N-dealkylation sites (tertiary alicyclic amines) is 1. The van der Waals surface area contributed by atoms with Crippen molar-refractivity contribution in [2.24, 2.45) is 10.8 Å². The molecule has 0 aromatic carbocycles. The first-order chi connectivity index (χ1) is 7.70. The van der Waals surface area contributed by atoms with Crippen molar-refractivity contribution >= 4 is 0 Å². The Balaban J connectivity index is 1.49. The fraction of sp³-hybridized carbons (Fsp3) is 1.00. The van der Waals surface area contributed by atoms with E-state index in [1.165, 1.54) is 71.2 Å². The number of nitrogens with zero attached hydrogens (tertiary/aromatic N) is 1. The van der Waals surface area contributed by atoms with Crippen molar-refractivity contribution in [2.45, 2.75) is 45.4 Å². The molecular weight excluding hydrogens is 196 g/mol. The zero-order chi connectivity index (χ0) is 11.1. The van der Waals surface area contributed by atoms with Gasteiger partial charge in [-0.15, -0.1) is 0 Å². The zero-order valence-electron chi connectivity index (χ0n) is 10.7. The van der Waals surface area contributed by atoms with Gasteiger partial charge in [0.15, 0.2) is 0 Å². The Morgan fingerprint density at radius 3 is 2.25 bits per heavy atom. The lowest BCUT2D eigenvalue weighted by Crippen LogP contribution is -2.58. The van der Waals surface area contributed by atoms with Gasteiger partial charge in [-0.3, -0.25) is 0 Å². The summed E-state index contributed by atoms with van der Waals surface area (Å²) >= 11 is 0. The lowest BCUT2D eigenvalue weighted by Gasteiger charge is -2.52. The smallest absolute Gasteiger partial charge is 0.00507 e. The normalized spacial score (nSPS) is 32.8. The molecule has 2 saturated heterocycles. The van der Waals surface area contributed by atoms with Crippen molar-refractivity contribution in [1.29, 1.82) is 0 Å². The number of hydrogen-bond donors (Lipinski definition) is 1. The van der Waals surface area contributed by atoms with Crippen LogP contribution in [-0.2, 0) is 0 Å². The summed E-state index contributed by atoms with van der Waals surface area (Å²) in [6.07, 6.45) is 8.76. The van der Waals surface area contributed by atoms with E-state index in [4.69, 9.17) is 0 Å². The van der Waals surface area contributed by atoms with E-state index < -0.39 is 0 Å². The molecule has 0 aromatic rings. The maximum Gasteiger partial charge on any atom is 0.00507 e. The summed E-state index contributed by atoms with van der Waals surface area (Å²) in [7, 11) is 0. The number of hydrogen-bond acceptors (Lipinski definition) is 2. The van der Waals surface area contributed by atoms with E-state index >= 15 is 0 Å². The minimum absolute atomic E-state index is 0.603.